The number of benzene rings is 1. The average molecular weight is 228 g/mol. The Labute approximate surface area is 94.6 Å². The number of hydrogen-bond acceptors (Lipinski definition) is 1. The molecule has 1 heterocycles. The van der Waals surface area contributed by atoms with Gasteiger partial charge in [-0.2, -0.15) is 0 Å². The Kier molecular flexibility index (Phi) is 2.98. The Morgan fingerprint density at radius 1 is 1.40 bits per heavy atom. The van der Waals surface area contributed by atoms with E-state index in [9.17, 15) is 4.39 Å². The van der Waals surface area contributed by atoms with Crippen molar-refractivity contribution < 1.29 is 4.39 Å². The SMILES string of the molecule is CC1CNCCC1(F)c1ccc(Cl)cc1. The molecule has 1 N–H and O–H groups in total. The summed E-state index contributed by atoms with van der Waals surface area (Å²) in [6.07, 6.45) is 0.537. The smallest absolute Gasteiger partial charge is 0.140 e. The minimum Gasteiger partial charge on any atom is -0.316 e. The molecule has 2 rings (SSSR count). The monoisotopic (exact) mass is 227 g/mol. The third-order valence-corrected chi connectivity index (χ3v) is 3.47. The minimum atomic E-state index is -1.20. The normalized spacial score (nSPS) is 31.5. The van der Waals surface area contributed by atoms with Crippen LogP contribution in [0.4, 0.5) is 4.39 Å². The molecule has 0 spiro atoms. The van der Waals surface area contributed by atoms with Gasteiger partial charge in [0.05, 0.1) is 0 Å². The number of alkyl halides is 1. The summed E-state index contributed by atoms with van der Waals surface area (Å²) in [6, 6.07) is 7.11. The van der Waals surface area contributed by atoms with Gasteiger partial charge in [0, 0.05) is 17.5 Å². The zero-order valence-electron chi connectivity index (χ0n) is 8.76. The summed E-state index contributed by atoms with van der Waals surface area (Å²) in [6.45, 7) is 3.42. The molecule has 0 aromatic heterocycles. The van der Waals surface area contributed by atoms with Gasteiger partial charge in [-0.1, -0.05) is 30.7 Å². The molecule has 1 aromatic rings. The van der Waals surface area contributed by atoms with Crippen molar-refractivity contribution in [3.05, 3.63) is 34.9 Å². The molecule has 3 heteroatoms. The molecular weight excluding hydrogens is 213 g/mol. The van der Waals surface area contributed by atoms with E-state index < -0.39 is 5.67 Å². The van der Waals surface area contributed by atoms with Gasteiger partial charge >= 0.3 is 0 Å². The van der Waals surface area contributed by atoms with Crippen LogP contribution in [0.5, 0.6) is 0 Å². The Morgan fingerprint density at radius 2 is 2.07 bits per heavy atom. The van der Waals surface area contributed by atoms with Gasteiger partial charge in [-0.15, -0.1) is 0 Å². The van der Waals surface area contributed by atoms with Crippen molar-refractivity contribution in [1.82, 2.24) is 5.32 Å². The Bertz CT molecular complexity index is 338. The maximum atomic E-state index is 14.7. The van der Waals surface area contributed by atoms with Crippen LogP contribution in [-0.2, 0) is 5.67 Å². The lowest BCUT2D eigenvalue weighted by atomic mass is 9.79. The van der Waals surface area contributed by atoms with Crippen LogP contribution in [0, 0.1) is 5.92 Å². The van der Waals surface area contributed by atoms with E-state index >= 15 is 0 Å². The zero-order valence-corrected chi connectivity index (χ0v) is 9.52. The molecule has 82 valence electrons. The standard InChI is InChI=1S/C12H15ClFN/c1-9-8-15-7-6-12(9,14)10-2-4-11(13)5-3-10/h2-5,9,15H,6-8H2,1H3. The van der Waals surface area contributed by atoms with E-state index in [2.05, 4.69) is 5.32 Å². The summed E-state index contributed by atoms with van der Waals surface area (Å²) in [7, 11) is 0. The quantitative estimate of drug-likeness (QED) is 0.777. The van der Waals surface area contributed by atoms with Gasteiger partial charge < -0.3 is 5.32 Å². The van der Waals surface area contributed by atoms with Crippen molar-refractivity contribution in [1.29, 1.82) is 0 Å². The topological polar surface area (TPSA) is 12.0 Å². The van der Waals surface area contributed by atoms with Crippen molar-refractivity contribution in [2.45, 2.75) is 19.0 Å². The first-order valence-corrected chi connectivity index (χ1v) is 5.66. The summed E-state index contributed by atoms with van der Waals surface area (Å²) in [5.74, 6) is 0.00688. The van der Waals surface area contributed by atoms with Crippen molar-refractivity contribution in [3.8, 4) is 0 Å². The van der Waals surface area contributed by atoms with E-state index in [-0.39, 0.29) is 5.92 Å². The molecule has 0 saturated carbocycles. The predicted octanol–water partition coefficient (Wildman–Crippen LogP) is 3.13. The molecule has 1 aliphatic rings. The minimum absolute atomic E-state index is 0.00688. The Hall–Kier alpha value is -0.600. The molecule has 0 bridgehead atoms. The van der Waals surface area contributed by atoms with Gasteiger partial charge in [-0.3, -0.25) is 0 Å². The molecule has 0 amide bonds. The van der Waals surface area contributed by atoms with E-state index in [1.807, 2.05) is 6.92 Å². The molecule has 2 atom stereocenters. The maximum Gasteiger partial charge on any atom is 0.140 e. The summed E-state index contributed by atoms with van der Waals surface area (Å²) in [4.78, 5) is 0. The highest BCUT2D eigenvalue weighted by molar-refractivity contribution is 6.30. The van der Waals surface area contributed by atoms with Crippen LogP contribution in [-0.4, -0.2) is 13.1 Å². The molecule has 1 aromatic carbocycles. The highest BCUT2D eigenvalue weighted by Crippen LogP contribution is 2.39. The Balaban J connectivity index is 2.30. The second-order valence-electron chi connectivity index (χ2n) is 4.22. The predicted molar refractivity (Wildman–Crippen MR) is 60.9 cm³/mol. The molecule has 15 heavy (non-hydrogen) atoms. The van der Waals surface area contributed by atoms with Crippen molar-refractivity contribution in [3.63, 3.8) is 0 Å². The van der Waals surface area contributed by atoms with Crippen LogP contribution in [0.25, 0.3) is 0 Å². The summed E-state index contributed by atoms with van der Waals surface area (Å²) in [5.41, 5.74) is -0.448. The highest BCUT2D eigenvalue weighted by atomic mass is 35.5. The molecule has 0 aliphatic carbocycles. The van der Waals surface area contributed by atoms with Gasteiger partial charge in [0.25, 0.3) is 0 Å². The summed E-state index contributed by atoms with van der Waals surface area (Å²) in [5, 5.41) is 3.86. The van der Waals surface area contributed by atoms with E-state index in [1.165, 1.54) is 0 Å². The lowest BCUT2D eigenvalue weighted by molar-refractivity contribution is 0.0550. The Morgan fingerprint density at radius 3 is 2.67 bits per heavy atom. The number of nitrogens with one attached hydrogen (secondary N) is 1. The van der Waals surface area contributed by atoms with Crippen LogP contribution in [0.3, 0.4) is 0 Å². The van der Waals surface area contributed by atoms with Crippen molar-refractivity contribution in [2.75, 3.05) is 13.1 Å². The lowest BCUT2D eigenvalue weighted by Gasteiger charge is -2.36. The van der Waals surface area contributed by atoms with Gasteiger partial charge in [-0.05, 0) is 30.7 Å². The van der Waals surface area contributed by atoms with Gasteiger partial charge in [0.15, 0.2) is 0 Å². The van der Waals surface area contributed by atoms with Crippen LogP contribution in [0.2, 0.25) is 5.02 Å². The van der Waals surface area contributed by atoms with Gasteiger partial charge in [0.2, 0.25) is 0 Å². The van der Waals surface area contributed by atoms with Gasteiger partial charge in [0.1, 0.15) is 5.67 Å². The highest BCUT2D eigenvalue weighted by Gasteiger charge is 2.39. The molecular formula is C12H15ClFN. The summed E-state index contributed by atoms with van der Waals surface area (Å²) < 4.78 is 14.7. The average Bonchev–Trinajstić information content (AvgIpc) is 2.23. The van der Waals surface area contributed by atoms with Crippen LogP contribution >= 0.6 is 11.6 Å². The fraction of sp³-hybridized carbons (Fsp3) is 0.500. The number of hydrogen-bond donors (Lipinski definition) is 1. The molecule has 1 aliphatic heterocycles. The fourth-order valence-electron chi connectivity index (χ4n) is 2.15. The lowest BCUT2D eigenvalue weighted by Crippen LogP contribution is -2.44. The number of piperidine rings is 1. The van der Waals surface area contributed by atoms with Crippen LogP contribution in [0.15, 0.2) is 24.3 Å². The molecule has 1 fully saturated rings. The van der Waals surface area contributed by atoms with E-state index in [0.29, 0.717) is 11.4 Å². The van der Waals surface area contributed by atoms with Gasteiger partial charge in [-0.25, -0.2) is 4.39 Å². The first-order chi connectivity index (χ1) is 7.13. The van der Waals surface area contributed by atoms with E-state index in [4.69, 9.17) is 11.6 Å². The molecule has 1 nitrogen and oxygen atoms in total. The first kappa shape index (κ1) is 10.9. The van der Waals surface area contributed by atoms with Crippen LogP contribution < -0.4 is 5.32 Å². The third kappa shape index (κ3) is 2.01. The molecule has 2 unspecified atom stereocenters. The number of rotatable bonds is 1. The van der Waals surface area contributed by atoms with Crippen molar-refractivity contribution >= 4 is 11.6 Å². The second-order valence-corrected chi connectivity index (χ2v) is 4.66. The zero-order chi connectivity index (χ0) is 10.9. The fourth-order valence-corrected chi connectivity index (χ4v) is 2.28. The third-order valence-electron chi connectivity index (χ3n) is 3.22. The van der Waals surface area contributed by atoms with E-state index in [0.717, 1.165) is 18.7 Å². The largest absolute Gasteiger partial charge is 0.316 e. The van der Waals surface area contributed by atoms with Crippen LogP contribution in [0.1, 0.15) is 18.9 Å². The second kappa shape index (κ2) is 4.11. The van der Waals surface area contributed by atoms with Crippen molar-refractivity contribution in [2.24, 2.45) is 5.92 Å². The number of halogens is 2. The maximum absolute atomic E-state index is 14.7. The molecule has 1 saturated heterocycles. The van der Waals surface area contributed by atoms with E-state index in [1.54, 1.807) is 24.3 Å². The molecule has 0 radical (unpaired) electrons. The summed E-state index contributed by atoms with van der Waals surface area (Å²) >= 11 is 5.80. The first-order valence-electron chi connectivity index (χ1n) is 5.28.